The van der Waals surface area contributed by atoms with Gasteiger partial charge in [0, 0.05) is 25.2 Å². The second kappa shape index (κ2) is 6.99. The predicted octanol–water partition coefficient (Wildman–Crippen LogP) is 3.55. The third-order valence-electron chi connectivity index (χ3n) is 4.56. The van der Waals surface area contributed by atoms with E-state index in [0.29, 0.717) is 12.1 Å². The Balaban J connectivity index is 1.77. The van der Waals surface area contributed by atoms with Crippen LogP contribution in [-0.2, 0) is 4.74 Å². The fourth-order valence-electron chi connectivity index (χ4n) is 3.29. The maximum absolute atomic E-state index is 12.3. The smallest absolute Gasteiger partial charge is 0.410 e. The lowest BCUT2D eigenvalue weighted by Gasteiger charge is -2.28. The molecule has 2 unspecified atom stereocenters. The van der Waals surface area contributed by atoms with Gasteiger partial charge in [-0.25, -0.2) is 4.79 Å². The zero-order valence-corrected chi connectivity index (χ0v) is 14.2. The molecule has 2 aliphatic carbocycles. The fourth-order valence-corrected chi connectivity index (χ4v) is 3.29. The van der Waals surface area contributed by atoms with E-state index in [0.717, 1.165) is 31.8 Å². The van der Waals surface area contributed by atoms with Gasteiger partial charge in [0.2, 0.25) is 0 Å². The van der Waals surface area contributed by atoms with Gasteiger partial charge in [0.25, 0.3) is 0 Å². The summed E-state index contributed by atoms with van der Waals surface area (Å²) in [6.07, 6.45) is 7.34. The molecule has 0 aromatic carbocycles. The van der Waals surface area contributed by atoms with Crippen LogP contribution in [0.4, 0.5) is 4.79 Å². The summed E-state index contributed by atoms with van der Waals surface area (Å²) in [5, 5.41) is 3.66. The molecule has 2 aliphatic rings. The van der Waals surface area contributed by atoms with Crippen molar-refractivity contribution in [3.05, 3.63) is 0 Å². The maximum atomic E-state index is 12.3. The van der Waals surface area contributed by atoms with E-state index in [4.69, 9.17) is 4.74 Å². The third kappa shape index (κ3) is 5.17. The van der Waals surface area contributed by atoms with E-state index in [1.54, 1.807) is 0 Å². The fraction of sp³-hybridized carbons (Fsp3) is 0.941. The molecule has 0 aliphatic heterocycles. The molecule has 0 aromatic heterocycles. The minimum atomic E-state index is -0.406. The topological polar surface area (TPSA) is 41.6 Å². The number of hydrogen-bond acceptors (Lipinski definition) is 3. The number of amides is 1. The standard InChI is InChI=1S/C17H32N2O2/c1-5-13-7-6-8-15(13)18-11-12-19(14-9-10-14)16(20)21-17(2,3)4/h13-15,18H,5-12H2,1-4H3. The van der Waals surface area contributed by atoms with Crippen molar-refractivity contribution in [3.8, 4) is 0 Å². The molecular weight excluding hydrogens is 264 g/mol. The van der Waals surface area contributed by atoms with Crippen LogP contribution in [-0.4, -0.2) is 41.8 Å². The van der Waals surface area contributed by atoms with Crippen LogP contribution >= 0.6 is 0 Å². The second-order valence-corrected chi connectivity index (χ2v) is 7.56. The molecule has 1 N–H and O–H groups in total. The summed E-state index contributed by atoms with van der Waals surface area (Å²) in [5.74, 6) is 0.820. The van der Waals surface area contributed by atoms with Gasteiger partial charge in [-0.1, -0.05) is 19.8 Å². The summed E-state index contributed by atoms with van der Waals surface area (Å²) in [6.45, 7) is 9.72. The lowest BCUT2D eigenvalue weighted by Crippen LogP contribution is -2.44. The van der Waals surface area contributed by atoms with Gasteiger partial charge in [-0.05, 0) is 52.4 Å². The first-order valence-corrected chi connectivity index (χ1v) is 8.63. The molecule has 122 valence electrons. The van der Waals surface area contributed by atoms with Crippen LogP contribution in [0.25, 0.3) is 0 Å². The minimum absolute atomic E-state index is 0.148. The summed E-state index contributed by atoms with van der Waals surface area (Å²) < 4.78 is 5.53. The van der Waals surface area contributed by atoms with Crippen LogP contribution in [0.5, 0.6) is 0 Å². The van der Waals surface area contributed by atoms with Crippen LogP contribution in [0.15, 0.2) is 0 Å². The Hall–Kier alpha value is -0.770. The first kappa shape index (κ1) is 16.6. The van der Waals surface area contributed by atoms with E-state index < -0.39 is 5.60 Å². The van der Waals surface area contributed by atoms with Gasteiger partial charge < -0.3 is 15.0 Å². The highest BCUT2D eigenvalue weighted by atomic mass is 16.6. The van der Waals surface area contributed by atoms with E-state index in [1.165, 1.54) is 25.7 Å². The molecule has 0 heterocycles. The first-order chi connectivity index (χ1) is 9.90. The van der Waals surface area contributed by atoms with Gasteiger partial charge in [-0.15, -0.1) is 0 Å². The highest BCUT2D eigenvalue weighted by molar-refractivity contribution is 5.69. The van der Waals surface area contributed by atoms with Crippen LogP contribution in [0.1, 0.15) is 66.2 Å². The van der Waals surface area contributed by atoms with Gasteiger partial charge >= 0.3 is 6.09 Å². The number of ether oxygens (including phenoxy) is 1. The Morgan fingerprint density at radius 1 is 1.24 bits per heavy atom. The summed E-state index contributed by atoms with van der Waals surface area (Å²) in [5.41, 5.74) is -0.406. The van der Waals surface area contributed by atoms with Crippen molar-refractivity contribution >= 4 is 6.09 Å². The molecule has 4 heteroatoms. The third-order valence-corrected chi connectivity index (χ3v) is 4.56. The molecule has 1 amide bonds. The van der Waals surface area contributed by atoms with E-state index >= 15 is 0 Å². The van der Waals surface area contributed by atoms with Crippen LogP contribution in [0, 0.1) is 5.92 Å². The van der Waals surface area contributed by atoms with Crippen LogP contribution < -0.4 is 5.32 Å². The van der Waals surface area contributed by atoms with Crippen LogP contribution in [0.2, 0.25) is 0 Å². The number of nitrogens with zero attached hydrogens (tertiary/aromatic N) is 1. The van der Waals surface area contributed by atoms with Crippen molar-refractivity contribution in [1.82, 2.24) is 10.2 Å². The molecule has 2 saturated carbocycles. The first-order valence-electron chi connectivity index (χ1n) is 8.63. The van der Waals surface area contributed by atoms with Crippen LogP contribution in [0.3, 0.4) is 0 Å². The molecule has 0 aromatic rings. The van der Waals surface area contributed by atoms with E-state index in [-0.39, 0.29) is 6.09 Å². The Labute approximate surface area is 129 Å². The average molecular weight is 296 g/mol. The lowest BCUT2D eigenvalue weighted by molar-refractivity contribution is 0.0234. The normalized spacial score (nSPS) is 25.9. The zero-order valence-electron chi connectivity index (χ0n) is 14.2. The van der Waals surface area contributed by atoms with Gasteiger partial charge in [0.05, 0.1) is 0 Å². The monoisotopic (exact) mass is 296 g/mol. The molecular formula is C17H32N2O2. The Bertz CT molecular complexity index is 347. The van der Waals surface area contributed by atoms with Gasteiger partial charge in [-0.2, -0.15) is 0 Å². The van der Waals surface area contributed by atoms with Gasteiger partial charge in [0.15, 0.2) is 0 Å². The minimum Gasteiger partial charge on any atom is -0.444 e. The average Bonchev–Trinajstić information content (AvgIpc) is 3.11. The summed E-state index contributed by atoms with van der Waals surface area (Å²) >= 11 is 0. The molecule has 0 radical (unpaired) electrons. The highest BCUT2D eigenvalue weighted by Crippen LogP contribution is 2.29. The Morgan fingerprint density at radius 3 is 2.52 bits per heavy atom. The number of rotatable bonds is 6. The molecule has 0 spiro atoms. The molecule has 21 heavy (non-hydrogen) atoms. The number of hydrogen-bond donors (Lipinski definition) is 1. The van der Waals surface area contributed by atoms with Crippen molar-refractivity contribution in [2.24, 2.45) is 5.92 Å². The Morgan fingerprint density at radius 2 is 1.95 bits per heavy atom. The van der Waals surface area contributed by atoms with Crippen molar-refractivity contribution in [1.29, 1.82) is 0 Å². The summed E-state index contributed by atoms with van der Waals surface area (Å²) in [6, 6.07) is 1.06. The molecule has 2 atom stereocenters. The summed E-state index contributed by atoms with van der Waals surface area (Å²) in [4.78, 5) is 14.2. The molecule has 2 fully saturated rings. The van der Waals surface area contributed by atoms with E-state index in [2.05, 4.69) is 12.2 Å². The largest absolute Gasteiger partial charge is 0.444 e. The quantitative estimate of drug-likeness (QED) is 0.815. The molecule has 4 nitrogen and oxygen atoms in total. The lowest BCUT2D eigenvalue weighted by atomic mass is 10.0. The van der Waals surface area contributed by atoms with E-state index in [9.17, 15) is 4.79 Å². The Kier molecular flexibility index (Phi) is 5.53. The van der Waals surface area contributed by atoms with Crippen molar-refractivity contribution in [2.45, 2.75) is 83.9 Å². The molecule has 0 saturated heterocycles. The number of carbonyl (C=O) groups excluding carboxylic acids is 1. The second-order valence-electron chi connectivity index (χ2n) is 7.56. The van der Waals surface area contributed by atoms with Crippen molar-refractivity contribution < 1.29 is 9.53 Å². The van der Waals surface area contributed by atoms with Crippen molar-refractivity contribution in [3.63, 3.8) is 0 Å². The molecule has 0 bridgehead atoms. The number of nitrogens with one attached hydrogen (secondary N) is 1. The number of carbonyl (C=O) groups is 1. The van der Waals surface area contributed by atoms with Gasteiger partial charge in [0.1, 0.15) is 5.60 Å². The SMILES string of the molecule is CCC1CCCC1NCCN(C(=O)OC(C)(C)C)C1CC1. The zero-order chi connectivity index (χ0) is 15.5. The van der Waals surface area contributed by atoms with E-state index in [1.807, 2.05) is 25.7 Å². The maximum Gasteiger partial charge on any atom is 0.410 e. The summed E-state index contributed by atoms with van der Waals surface area (Å²) in [7, 11) is 0. The predicted molar refractivity (Wildman–Crippen MR) is 85.4 cm³/mol. The highest BCUT2D eigenvalue weighted by Gasteiger charge is 2.35. The molecule has 2 rings (SSSR count). The van der Waals surface area contributed by atoms with Gasteiger partial charge in [-0.3, -0.25) is 0 Å². The van der Waals surface area contributed by atoms with Crippen molar-refractivity contribution in [2.75, 3.05) is 13.1 Å².